The average molecular weight is 260 g/mol. The number of hydrogen-bond donors (Lipinski definition) is 3. The van der Waals surface area contributed by atoms with Crippen LogP contribution in [-0.2, 0) is 4.79 Å². The number of hydrogen-bond acceptors (Lipinski definition) is 3. The van der Waals surface area contributed by atoms with Gasteiger partial charge in [-0.25, -0.2) is 4.79 Å². The molecule has 1 aliphatic rings. The topological polar surface area (TPSA) is 78.4 Å². The first-order chi connectivity index (χ1) is 8.00. The number of carbonyl (C=O) groups excluding carboxylic acids is 1. The Morgan fingerprint density at radius 1 is 1.47 bits per heavy atom. The fourth-order valence-corrected chi connectivity index (χ4v) is 2.15. The van der Waals surface area contributed by atoms with E-state index in [0.717, 1.165) is 11.5 Å². The third kappa shape index (κ3) is 4.46. The van der Waals surface area contributed by atoms with Gasteiger partial charge in [0.2, 0.25) is 0 Å². The maximum atomic E-state index is 11.5. The van der Waals surface area contributed by atoms with Crippen LogP contribution in [0.25, 0.3) is 0 Å². The van der Waals surface area contributed by atoms with Crippen LogP contribution in [0, 0.1) is 5.41 Å². The molecule has 98 valence electrons. The minimum Gasteiger partial charge on any atom is -0.481 e. The van der Waals surface area contributed by atoms with Gasteiger partial charge in [0.05, 0.1) is 5.41 Å². The molecule has 0 radical (unpaired) electrons. The van der Waals surface area contributed by atoms with Gasteiger partial charge >= 0.3 is 12.0 Å². The zero-order chi connectivity index (χ0) is 12.9. The molecule has 0 spiro atoms. The Labute approximate surface area is 106 Å². The van der Waals surface area contributed by atoms with Crippen LogP contribution in [-0.4, -0.2) is 41.2 Å². The molecule has 1 atom stereocenters. The van der Waals surface area contributed by atoms with Crippen LogP contribution in [0.4, 0.5) is 4.79 Å². The second-order valence-electron chi connectivity index (χ2n) is 4.47. The maximum Gasteiger partial charge on any atom is 0.315 e. The Bertz CT molecular complexity index is 292. The summed E-state index contributed by atoms with van der Waals surface area (Å²) in [5.41, 5.74) is -0.696. The summed E-state index contributed by atoms with van der Waals surface area (Å²) in [7, 11) is 0. The number of rotatable bonds is 7. The minimum absolute atomic E-state index is 0.0972. The van der Waals surface area contributed by atoms with E-state index in [2.05, 4.69) is 17.6 Å². The van der Waals surface area contributed by atoms with Gasteiger partial charge in [0.1, 0.15) is 0 Å². The van der Waals surface area contributed by atoms with Gasteiger partial charge in [0.15, 0.2) is 0 Å². The van der Waals surface area contributed by atoms with E-state index in [0.29, 0.717) is 12.8 Å². The quantitative estimate of drug-likeness (QED) is 0.644. The fourth-order valence-electron chi connectivity index (χ4n) is 1.48. The number of carboxylic acids is 1. The lowest BCUT2D eigenvalue weighted by Crippen LogP contribution is -2.44. The fraction of sp³-hybridized carbons (Fsp3) is 0.818. The largest absolute Gasteiger partial charge is 0.481 e. The van der Waals surface area contributed by atoms with E-state index >= 15 is 0 Å². The summed E-state index contributed by atoms with van der Waals surface area (Å²) in [6, 6.07) is -0.179. The summed E-state index contributed by atoms with van der Waals surface area (Å²) in [5.74, 6) is 1.08. The molecule has 0 aromatic rings. The normalized spacial score (nSPS) is 18.2. The third-order valence-corrected chi connectivity index (χ3v) is 3.99. The second kappa shape index (κ2) is 6.14. The second-order valence-corrected chi connectivity index (χ2v) is 5.79. The number of carboxylic acid groups (broad SMARTS) is 1. The maximum absolute atomic E-state index is 11.5. The highest BCUT2D eigenvalue weighted by molar-refractivity contribution is 7.99. The van der Waals surface area contributed by atoms with Crippen LogP contribution < -0.4 is 10.6 Å². The molecule has 1 unspecified atom stereocenters. The molecule has 3 N–H and O–H groups in total. The molecule has 1 aliphatic carbocycles. The van der Waals surface area contributed by atoms with Crippen molar-refractivity contribution in [3.8, 4) is 0 Å². The average Bonchev–Trinajstić information content (AvgIpc) is 3.04. The third-order valence-electron chi connectivity index (χ3n) is 2.84. The van der Waals surface area contributed by atoms with E-state index in [1.54, 1.807) is 11.8 Å². The van der Waals surface area contributed by atoms with Crippen molar-refractivity contribution in [2.45, 2.75) is 32.7 Å². The molecule has 0 aromatic heterocycles. The highest BCUT2D eigenvalue weighted by Crippen LogP contribution is 2.45. The Kier molecular flexibility index (Phi) is 5.11. The number of nitrogens with one attached hydrogen (secondary N) is 2. The zero-order valence-corrected chi connectivity index (χ0v) is 11.1. The first-order valence-corrected chi connectivity index (χ1v) is 7.01. The first kappa shape index (κ1) is 14.2. The van der Waals surface area contributed by atoms with E-state index < -0.39 is 11.4 Å². The number of amides is 2. The lowest BCUT2D eigenvalue weighted by molar-refractivity contribution is -0.143. The van der Waals surface area contributed by atoms with Crippen LogP contribution >= 0.6 is 11.8 Å². The van der Waals surface area contributed by atoms with Crippen molar-refractivity contribution in [3.63, 3.8) is 0 Å². The number of urea groups is 1. The zero-order valence-electron chi connectivity index (χ0n) is 10.3. The predicted octanol–water partition coefficient (Wildman–Crippen LogP) is 1.29. The molecular formula is C11H20N2O3S. The summed E-state index contributed by atoms with van der Waals surface area (Å²) >= 11 is 1.76. The molecule has 1 rings (SSSR count). The van der Waals surface area contributed by atoms with Crippen molar-refractivity contribution < 1.29 is 14.7 Å². The minimum atomic E-state index is -0.813. The molecule has 17 heavy (non-hydrogen) atoms. The van der Waals surface area contributed by atoms with Crippen molar-refractivity contribution in [1.82, 2.24) is 10.6 Å². The van der Waals surface area contributed by atoms with Crippen LogP contribution in [0.3, 0.4) is 0 Å². The first-order valence-electron chi connectivity index (χ1n) is 5.85. The molecule has 5 nitrogen and oxygen atoms in total. The number of carbonyl (C=O) groups is 2. The Hall–Kier alpha value is -0.910. The molecule has 1 saturated carbocycles. The molecule has 0 heterocycles. The molecule has 0 aliphatic heterocycles. The standard InChI is InChI=1S/C11H20N2O3S/c1-3-17-6-8(2)13-10(16)12-7-11(4-5-11)9(14)15/h8H,3-7H2,1-2H3,(H,14,15)(H2,12,13,16). The molecule has 2 amide bonds. The summed E-state index contributed by atoms with van der Waals surface area (Å²) < 4.78 is 0. The van der Waals surface area contributed by atoms with Gasteiger partial charge in [-0.15, -0.1) is 0 Å². The molecule has 0 aromatic carbocycles. The summed E-state index contributed by atoms with van der Waals surface area (Å²) in [6.07, 6.45) is 1.31. The Balaban J connectivity index is 2.19. The lowest BCUT2D eigenvalue weighted by atomic mass is 10.1. The van der Waals surface area contributed by atoms with Gasteiger partial charge in [-0.2, -0.15) is 11.8 Å². The van der Waals surface area contributed by atoms with Crippen molar-refractivity contribution in [2.75, 3.05) is 18.1 Å². The highest BCUT2D eigenvalue weighted by atomic mass is 32.2. The number of thioether (sulfide) groups is 1. The van der Waals surface area contributed by atoms with E-state index in [9.17, 15) is 9.59 Å². The van der Waals surface area contributed by atoms with Gasteiger partial charge < -0.3 is 15.7 Å². The Morgan fingerprint density at radius 2 is 2.12 bits per heavy atom. The molecule has 0 bridgehead atoms. The van der Waals surface area contributed by atoms with Gasteiger partial charge in [0.25, 0.3) is 0 Å². The predicted molar refractivity (Wildman–Crippen MR) is 68.3 cm³/mol. The van der Waals surface area contributed by atoms with Gasteiger partial charge in [-0.1, -0.05) is 6.92 Å². The summed E-state index contributed by atoms with van der Waals surface area (Å²) in [5, 5.41) is 14.4. The monoisotopic (exact) mass is 260 g/mol. The van der Waals surface area contributed by atoms with Crippen LogP contribution in [0.2, 0.25) is 0 Å². The van der Waals surface area contributed by atoms with Crippen LogP contribution in [0.5, 0.6) is 0 Å². The van der Waals surface area contributed by atoms with E-state index in [-0.39, 0.29) is 18.6 Å². The van der Waals surface area contributed by atoms with Crippen LogP contribution in [0.1, 0.15) is 26.7 Å². The van der Waals surface area contributed by atoms with Crippen molar-refractivity contribution >= 4 is 23.8 Å². The van der Waals surface area contributed by atoms with Crippen LogP contribution in [0.15, 0.2) is 0 Å². The number of aliphatic carboxylic acids is 1. The SMILES string of the molecule is CCSCC(C)NC(=O)NCC1(C(=O)O)CC1. The van der Waals surface area contributed by atoms with Gasteiger partial charge in [-0.3, -0.25) is 4.79 Å². The summed E-state index contributed by atoms with van der Waals surface area (Å²) in [6.45, 7) is 4.23. The van der Waals surface area contributed by atoms with Crippen molar-refractivity contribution in [2.24, 2.45) is 5.41 Å². The van der Waals surface area contributed by atoms with Crippen molar-refractivity contribution in [1.29, 1.82) is 0 Å². The van der Waals surface area contributed by atoms with E-state index in [1.165, 1.54) is 0 Å². The van der Waals surface area contributed by atoms with E-state index in [1.807, 2.05) is 6.92 Å². The Morgan fingerprint density at radius 3 is 2.59 bits per heavy atom. The lowest BCUT2D eigenvalue weighted by Gasteiger charge is -2.16. The van der Waals surface area contributed by atoms with Crippen molar-refractivity contribution in [3.05, 3.63) is 0 Å². The van der Waals surface area contributed by atoms with Gasteiger partial charge in [-0.05, 0) is 25.5 Å². The molecule has 6 heteroatoms. The smallest absolute Gasteiger partial charge is 0.315 e. The van der Waals surface area contributed by atoms with E-state index in [4.69, 9.17) is 5.11 Å². The molecule has 1 fully saturated rings. The molecular weight excluding hydrogens is 240 g/mol. The van der Waals surface area contributed by atoms with Gasteiger partial charge in [0, 0.05) is 18.3 Å². The molecule has 0 saturated heterocycles. The highest BCUT2D eigenvalue weighted by Gasteiger charge is 2.50. The summed E-state index contributed by atoms with van der Waals surface area (Å²) in [4.78, 5) is 22.4.